The van der Waals surface area contributed by atoms with Crippen LogP contribution in [0.2, 0.25) is 0 Å². The third kappa shape index (κ3) is 2.51. The second kappa shape index (κ2) is 4.52. The lowest BCUT2D eigenvalue weighted by molar-refractivity contribution is -0.141. The third-order valence-corrected chi connectivity index (χ3v) is 1.84. The molecule has 0 fully saturated rings. The van der Waals surface area contributed by atoms with Crippen LogP contribution < -0.4 is 16.2 Å². The molecule has 1 aromatic heterocycles. The maximum atomic E-state index is 12.6. The number of methoxy groups -OCH3 is 1. The van der Waals surface area contributed by atoms with Crippen LogP contribution in [0.4, 0.5) is 19.1 Å². The largest absolute Gasteiger partial charge is 0.481 e. The van der Waals surface area contributed by atoms with Gasteiger partial charge in [-0.25, -0.2) is 4.98 Å². The Hall–Kier alpha value is -1.57. The van der Waals surface area contributed by atoms with Crippen LogP contribution in [-0.4, -0.2) is 23.6 Å². The fourth-order valence-corrected chi connectivity index (χ4v) is 1.25. The van der Waals surface area contributed by atoms with Crippen LogP contribution in [0.15, 0.2) is 0 Å². The molecule has 0 aliphatic rings. The van der Waals surface area contributed by atoms with Crippen LogP contribution in [0, 0.1) is 0 Å². The summed E-state index contributed by atoms with van der Waals surface area (Å²) in [5.74, 6) is -0.671. The van der Waals surface area contributed by atoms with Crippen molar-refractivity contribution >= 4 is 5.95 Å². The van der Waals surface area contributed by atoms with Gasteiger partial charge in [0.05, 0.1) is 7.11 Å². The van der Waals surface area contributed by atoms with Crippen molar-refractivity contribution < 1.29 is 17.9 Å². The van der Waals surface area contributed by atoms with Crippen molar-refractivity contribution in [1.29, 1.82) is 0 Å². The normalized spacial score (nSPS) is 11.6. The zero-order chi connectivity index (χ0) is 12.3. The minimum atomic E-state index is -4.60. The first-order valence-electron chi connectivity index (χ1n) is 4.37. The molecule has 16 heavy (non-hydrogen) atoms. The quantitative estimate of drug-likeness (QED) is 0.801. The zero-order valence-corrected chi connectivity index (χ0v) is 8.51. The van der Waals surface area contributed by atoms with Gasteiger partial charge >= 0.3 is 6.18 Å². The summed E-state index contributed by atoms with van der Waals surface area (Å²) in [5.41, 5.74) is 9.12. The molecule has 0 aliphatic heterocycles. The van der Waals surface area contributed by atoms with E-state index in [1.165, 1.54) is 7.11 Å². The maximum absolute atomic E-state index is 12.6. The monoisotopic (exact) mass is 236 g/mol. The molecule has 0 bridgehead atoms. The van der Waals surface area contributed by atoms with Gasteiger partial charge in [0.15, 0.2) is 5.69 Å². The van der Waals surface area contributed by atoms with Crippen molar-refractivity contribution in [3.8, 4) is 5.88 Å². The smallest absolute Gasteiger partial charge is 0.433 e. The Balaban J connectivity index is 3.38. The van der Waals surface area contributed by atoms with E-state index in [1.807, 2.05) is 0 Å². The predicted octanol–water partition coefficient (Wildman–Crippen LogP) is 0.587. The molecule has 0 unspecified atom stereocenters. The fourth-order valence-electron chi connectivity index (χ4n) is 1.25. The molecular formula is C8H11F3N4O. The van der Waals surface area contributed by atoms with Gasteiger partial charge in [0.25, 0.3) is 0 Å². The highest BCUT2D eigenvalue weighted by Crippen LogP contribution is 2.34. The molecular weight excluding hydrogens is 225 g/mol. The van der Waals surface area contributed by atoms with E-state index in [0.717, 1.165) is 0 Å². The molecule has 1 aromatic rings. The van der Waals surface area contributed by atoms with Crippen molar-refractivity contribution in [3.05, 3.63) is 11.3 Å². The number of nitrogens with two attached hydrogens (primary N) is 2. The molecule has 0 radical (unpaired) electrons. The lowest BCUT2D eigenvalue weighted by atomic mass is 10.1. The van der Waals surface area contributed by atoms with Crippen LogP contribution in [0.3, 0.4) is 0 Å². The fraction of sp³-hybridized carbons (Fsp3) is 0.500. The van der Waals surface area contributed by atoms with Gasteiger partial charge < -0.3 is 16.2 Å². The number of halogens is 3. The van der Waals surface area contributed by atoms with Crippen LogP contribution in [0.5, 0.6) is 5.88 Å². The second-order valence-corrected chi connectivity index (χ2v) is 2.95. The molecule has 0 aliphatic carbocycles. The summed E-state index contributed by atoms with van der Waals surface area (Å²) in [6.45, 7) is 0.0344. The van der Waals surface area contributed by atoms with Gasteiger partial charge in [0, 0.05) is 5.56 Å². The van der Waals surface area contributed by atoms with Crippen LogP contribution >= 0.6 is 0 Å². The summed E-state index contributed by atoms with van der Waals surface area (Å²) in [4.78, 5) is 6.75. The van der Waals surface area contributed by atoms with E-state index in [1.54, 1.807) is 0 Å². The van der Waals surface area contributed by atoms with E-state index in [0.29, 0.717) is 0 Å². The van der Waals surface area contributed by atoms with E-state index in [9.17, 15) is 13.2 Å². The topological polar surface area (TPSA) is 87.0 Å². The van der Waals surface area contributed by atoms with Gasteiger partial charge in [-0.3, -0.25) is 0 Å². The van der Waals surface area contributed by atoms with Gasteiger partial charge in [-0.15, -0.1) is 0 Å². The van der Waals surface area contributed by atoms with E-state index < -0.39 is 17.8 Å². The van der Waals surface area contributed by atoms with Crippen LogP contribution in [0.1, 0.15) is 11.3 Å². The van der Waals surface area contributed by atoms with Crippen molar-refractivity contribution in [1.82, 2.24) is 9.97 Å². The van der Waals surface area contributed by atoms with Crippen LogP contribution in [-0.2, 0) is 12.6 Å². The summed E-state index contributed by atoms with van der Waals surface area (Å²) in [7, 11) is 1.21. The van der Waals surface area contributed by atoms with Gasteiger partial charge in [0.1, 0.15) is 0 Å². The SMILES string of the molecule is COc1nc(N)nc(C(F)(F)F)c1CCN. The Kier molecular flexibility index (Phi) is 3.53. The number of anilines is 1. The standard InChI is InChI=1S/C8H11F3N4O/c1-16-6-4(2-3-12)5(8(9,10)11)14-7(13)15-6/h2-3,12H2,1H3,(H2,13,14,15). The molecule has 1 heterocycles. The number of nitrogens with zero attached hydrogens (tertiary/aromatic N) is 2. The van der Waals surface area contributed by atoms with E-state index in [-0.39, 0.29) is 24.4 Å². The summed E-state index contributed by atoms with van der Waals surface area (Å²) in [6, 6.07) is 0. The second-order valence-electron chi connectivity index (χ2n) is 2.95. The lowest BCUT2D eigenvalue weighted by Crippen LogP contribution is -2.18. The predicted molar refractivity (Wildman–Crippen MR) is 50.8 cm³/mol. The lowest BCUT2D eigenvalue weighted by Gasteiger charge is -2.14. The average Bonchev–Trinajstić information content (AvgIpc) is 2.18. The summed E-state index contributed by atoms with van der Waals surface area (Å²) < 4.78 is 42.6. The zero-order valence-electron chi connectivity index (χ0n) is 8.51. The summed E-state index contributed by atoms with van der Waals surface area (Å²) in [5, 5.41) is 0. The maximum Gasteiger partial charge on any atom is 0.433 e. The van der Waals surface area contributed by atoms with Crippen molar-refractivity contribution in [2.45, 2.75) is 12.6 Å². The molecule has 0 atom stereocenters. The number of nitrogen functional groups attached to an aromatic ring is 1. The Bertz CT molecular complexity index is 380. The minimum absolute atomic E-state index is 0.0295. The molecule has 0 aromatic carbocycles. The molecule has 0 spiro atoms. The third-order valence-electron chi connectivity index (χ3n) is 1.84. The van der Waals surface area contributed by atoms with Crippen molar-refractivity contribution in [3.63, 3.8) is 0 Å². The van der Waals surface area contributed by atoms with E-state index >= 15 is 0 Å². The van der Waals surface area contributed by atoms with E-state index in [2.05, 4.69) is 9.97 Å². The first kappa shape index (κ1) is 12.5. The first-order chi connectivity index (χ1) is 7.40. The van der Waals surface area contributed by atoms with Crippen molar-refractivity contribution in [2.24, 2.45) is 5.73 Å². The first-order valence-corrected chi connectivity index (χ1v) is 4.37. The highest BCUT2D eigenvalue weighted by Gasteiger charge is 2.37. The van der Waals surface area contributed by atoms with Crippen LogP contribution in [0.25, 0.3) is 0 Å². The van der Waals surface area contributed by atoms with Gasteiger partial charge in [-0.2, -0.15) is 18.2 Å². The Morgan fingerprint density at radius 2 is 1.94 bits per heavy atom. The highest BCUT2D eigenvalue weighted by atomic mass is 19.4. The Morgan fingerprint density at radius 1 is 1.31 bits per heavy atom. The molecule has 0 saturated carbocycles. The average molecular weight is 236 g/mol. The summed E-state index contributed by atoms with van der Waals surface area (Å²) >= 11 is 0. The number of hydrogen-bond donors (Lipinski definition) is 2. The number of aromatic nitrogens is 2. The molecule has 0 saturated heterocycles. The summed E-state index contributed by atoms with van der Waals surface area (Å²) in [6.07, 6.45) is -4.63. The van der Waals surface area contributed by atoms with E-state index in [4.69, 9.17) is 16.2 Å². The number of hydrogen-bond acceptors (Lipinski definition) is 5. The van der Waals surface area contributed by atoms with Gasteiger partial charge in [0.2, 0.25) is 11.8 Å². The number of rotatable bonds is 3. The number of ether oxygens (including phenoxy) is 1. The minimum Gasteiger partial charge on any atom is -0.481 e. The van der Waals surface area contributed by atoms with Gasteiger partial charge in [-0.1, -0.05) is 0 Å². The van der Waals surface area contributed by atoms with Crippen molar-refractivity contribution in [2.75, 3.05) is 19.4 Å². The number of alkyl halides is 3. The molecule has 4 N–H and O–H groups in total. The molecule has 8 heteroatoms. The Labute approximate surface area is 89.6 Å². The molecule has 90 valence electrons. The molecule has 1 rings (SSSR count). The Morgan fingerprint density at radius 3 is 2.38 bits per heavy atom. The van der Waals surface area contributed by atoms with Gasteiger partial charge in [-0.05, 0) is 13.0 Å². The molecule has 0 amide bonds. The molecule has 5 nitrogen and oxygen atoms in total. The highest BCUT2D eigenvalue weighted by molar-refractivity contribution is 5.37.